The van der Waals surface area contributed by atoms with Crippen molar-refractivity contribution in [3.8, 4) is 17.1 Å². The van der Waals surface area contributed by atoms with E-state index in [0.717, 1.165) is 5.56 Å². The van der Waals surface area contributed by atoms with Gasteiger partial charge in [0.15, 0.2) is 5.82 Å². The maximum absolute atomic E-state index is 11.3. The molecule has 0 aliphatic heterocycles. The predicted octanol–water partition coefficient (Wildman–Crippen LogP) is 1.85. The molecule has 2 rings (SSSR count). The molecular formula is C14H18N4O3. The number of benzene rings is 1. The van der Waals surface area contributed by atoms with Crippen molar-refractivity contribution in [2.75, 3.05) is 6.61 Å². The second-order valence-electron chi connectivity index (χ2n) is 5.28. The number of aliphatic carboxylic acids is 1. The molecule has 1 aromatic heterocycles. The fraction of sp³-hybridized carbons (Fsp3) is 0.429. The third-order valence-corrected chi connectivity index (χ3v) is 3.08. The van der Waals surface area contributed by atoms with Crippen molar-refractivity contribution in [3.63, 3.8) is 0 Å². The van der Waals surface area contributed by atoms with Crippen LogP contribution in [-0.4, -0.2) is 37.9 Å². The Hall–Kier alpha value is -2.44. The molecule has 0 amide bonds. The number of tetrazole rings is 1. The highest BCUT2D eigenvalue weighted by Gasteiger charge is 2.30. The Morgan fingerprint density at radius 1 is 1.38 bits per heavy atom. The standard InChI is InChI=1S/C14H18N4O3/c1-4-21-11-8-6-5-7-10(11)12-15-16-17-18(12)9-14(2,3)13(19)20/h5-8H,4,9H2,1-3H3,(H,19,20). The number of aromatic nitrogens is 4. The molecule has 1 heterocycles. The molecule has 21 heavy (non-hydrogen) atoms. The quantitative estimate of drug-likeness (QED) is 0.873. The van der Waals surface area contributed by atoms with Crippen LogP contribution >= 0.6 is 0 Å². The largest absolute Gasteiger partial charge is 0.493 e. The third kappa shape index (κ3) is 3.18. The van der Waals surface area contributed by atoms with Crippen LogP contribution in [0.25, 0.3) is 11.4 Å². The van der Waals surface area contributed by atoms with E-state index >= 15 is 0 Å². The summed E-state index contributed by atoms with van der Waals surface area (Å²) in [5, 5.41) is 20.8. The molecule has 0 saturated heterocycles. The van der Waals surface area contributed by atoms with E-state index in [1.807, 2.05) is 31.2 Å². The highest BCUT2D eigenvalue weighted by atomic mass is 16.5. The number of carboxylic acid groups (broad SMARTS) is 1. The van der Waals surface area contributed by atoms with E-state index in [9.17, 15) is 9.90 Å². The van der Waals surface area contributed by atoms with Gasteiger partial charge in [0.25, 0.3) is 0 Å². The molecule has 0 bridgehead atoms. The molecule has 0 fully saturated rings. The lowest BCUT2D eigenvalue weighted by Gasteiger charge is -2.19. The lowest BCUT2D eigenvalue weighted by Crippen LogP contribution is -2.30. The molecule has 0 aliphatic rings. The van der Waals surface area contributed by atoms with Crippen molar-refractivity contribution in [1.29, 1.82) is 0 Å². The Morgan fingerprint density at radius 2 is 2.10 bits per heavy atom. The molecule has 7 nitrogen and oxygen atoms in total. The van der Waals surface area contributed by atoms with Crippen molar-refractivity contribution in [1.82, 2.24) is 20.2 Å². The van der Waals surface area contributed by atoms with E-state index in [0.29, 0.717) is 18.2 Å². The van der Waals surface area contributed by atoms with E-state index in [2.05, 4.69) is 15.5 Å². The molecule has 0 saturated carbocycles. The fourth-order valence-electron chi connectivity index (χ4n) is 1.88. The molecule has 0 radical (unpaired) electrons. The normalized spacial score (nSPS) is 11.4. The summed E-state index contributed by atoms with van der Waals surface area (Å²) in [5.74, 6) is 0.264. The summed E-state index contributed by atoms with van der Waals surface area (Å²) in [5.41, 5.74) is -0.226. The molecule has 1 aromatic carbocycles. The summed E-state index contributed by atoms with van der Waals surface area (Å²) in [7, 11) is 0. The van der Waals surface area contributed by atoms with E-state index in [4.69, 9.17) is 4.74 Å². The number of hydrogen-bond acceptors (Lipinski definition) is 5. The van der Waals surface area contributed by atoms with Gasteiger partial charge in [-0.1, -0.05) is 12.1 Å². The molecule has 112 valence electrons. The number of para-hydroxylation sites is 1. The van der Waals surface area contributed by atoms with Gasteiger partial charge in [0, 0.05) is 0 Å². The van der Waals surface area contributed by atoms with Gasteiger partial charge in [0.2, 0.25) is 0 Å². The van der Waals surface area contributed by atoms with Gasteiger partial charge >= 0.3 is 5.97 Å². The maximum atomic E-state index is 11.3. The minimum absolute atomic E-state index is 0.172. The summed E-state index contributed by atoms with van der Waals surface area (Å²) in [4.78, 5) is 11.3. The zero-order valence-electron chi connectivity index (χ0n) is 12.3. The van der Waals surface area contributed by atoms with Crippen LogP contribution in [0.2, 0.25) is 0 Å². The summed E-state index contributed by atoms with van der Waals surface area (Å²) in [6.07, 6.45) is 0. The number of nitrogens with zero attached hydrogens (tertiary/aromatic N) is 4. The Kier molecular flexibility index (Phi) is 4.21. The SMILES string of the molecule is CCOc1ccccc1-c1nnnn1CC(C)(C)C(=O)O. The van der Waals surface area contributed by atoms with Gasteiger partial charge in [-0.05, 0) is 43.3 Å². The second-order valence-corrected chi connectivity index (χ2v) is 5.28. The van der Waals surface area contributed by atoms with Gasteiger partial charge in [0.1, 0.15) is 5.75 Å². The number of ether oxygens (including phenoxy) is 1. The molecule has 0 atom stereocenters. The third-order valence-electron chi connectivity index (χ3n) is 3.08. The average molecular weight is 290 g/mol. The van der Waals surface area contributed by atoms with Gasteiger partial charge < -0.3 is 9.84 Å². The first-order valence-corrected chi connectivity index (χ1v) is 6.67. The first-order valence-electron chi connectivity index (χ1n) is 6.67. The zero-order valence-corrected chi connectivity index (χ0v) is 12.3. The molecule has 0 aliphatic carbocycles. The first-order chi connectivity index (χ1) is 9.95. The Morgan fingerprint density at radius 3 is 2.76 bits per heavy atom. The van der Waals surface area contributed by atoms with E-state index in [1.165, 1.54) is 4.68 Å². The number of rotatable bonds is 6. The lowest BCUT2D eigenvalue weighted by molar-refractivity contribution is -0.147. The van der Waals surface area contributed by atoms with E-state index in [1.54, 1.807) is 13.8 Å². The number of carbonyl (C=O) groups is 1. The zero-order chi connectivity index (χ0) is 15.5. The van der Waals surface area contributed by atoms with Crippen LogP contribution in [0.5, 0.6) is 5.75 Å². The predicted molar refractivity (Wildman–Crippen MR) is 75.8 cm³/mol. The number of carboxylic acids is 1. The van der Waals surface area contributed by atoms with Gasteiger partial charge in [0.05, 0.1) is 24.1 Å². The minimum atomic E-state index is -0.968. The number of hydrogen-bond donors (Lipinski definition) is 1. The Balaban J connectivity index is 2.39. The highest BCUT2D eigenvalue weighted by molar-refractivity contribution is 5.73. The smallest absolute Gasteiger partial charge is 0.310 e. The molecule has 0 unspecified atom stereocenters. The molecule has 2 aromatic rings. The Labute approximate surface area is 122 Å². The second kappa shape index (κ2) is 5.90. The van der Waals surface area contributed by atoms with Crippen LogP contribution in [0.4, 0.5) is 0 Å². The summed E-state index contributed by atoms with van der Waals surface area (Å²) >= 11 is 0. The molecule has 1 N–H and O–H groups in total. The minimum Gasteiger partial charge on any atom is -0.493 e. The topological polar surface area (TPSA) is 90.1 Å². The van der Waals surface area contributed by atoms with Gasteiger partial charge in [-0.15, -0.1) is 5.10 Å². The fourth-order valence-corrected chi connectivity index (χ4v) is 1.88. The summed E-state index contributed by atoms with van der Waals surface area (Å²) < 4.78 is 7.06. The van der Waals surface area contributed by atoms with Crippen LogP contribution in [0.3, 0.4) is 0 Å². The van der Waals surface area contributed by atoms with Crippen molar-refractivity contribution in [3.05, 3.63) is 24.3 Å². The van der Waals surface area contributed by atoms with Crippen molar-refractivity contribution in [2.45, 2.75) is 27.3 Å². The lowest BCUT2D eigenvalue weighted by atomic mass is 9.94. The van der Waals surface area contributed by atoms with Crippen LogP contribution < -0.4 is 4.74 Å². The molecule has 7 heteroatoms. The van der Waals surface area contributed by atoms with Crippen LogP contribution in [0.1, 0.15) is 20.8 Å². The van der Waals surface area contributed by atoms with E-state index in [-0.39, 0.29) is 6.54 Å². The van der Waals surface area contributed by atoms with Crippen molar-refractivity contribution in [2.24, 2.45) is 5.41 Å². The summed E-state index contributed by atoms with van der Waals surface area (Å²) in [6, 6.07) is 7.41. The van der Waals surface area contributed by atoms with Gasteiger partial charge in [-0.2, -0.15) is 0 Å². The van der Waals surface area contributed by atoms with Crippen molar-refractivity contribution < 1.29 is 14.6 Å². The monoisotopic (exact) mass is 290 g/mol. The van der Waals surface area contributed by atoms with Gasteiger partial charge in [-0.25, -0.2) is 4.68 Å². The highest BCUT2D eigenvalue weighted by Crippen LogP contribution is 2.29. The first kappa shape index (κ1) is 15.0. The van der Waals surface area contributed by atoms with Crippen LogP contribution in [-0.2, 0) is 11.3 Å². The maximum Gasteiger partial charge on any atom is 0.310 e. The van der Waals surface area contributed by atoms with Crippen molar-refractivity contribution >= 4 is 5.97 Å². The summed E-state index contributed by atoms with van der Waals surface area (Å²) in [6.45, 7) is 5.86. The van der Waals surface area contributed by atoms with E-state index < -0.39 is 11.4 Å². The molecular weight excluding hydrogens is 272 g/mol. The Bertz CT molecular complexity index is 637. The molecule has 0 spiro atoms. The van der Waals surface area contributed by atoms with Gasteiger partial charge in [-0.3, -0.25) is 4.79 Å². The van der Waals surface area contributed by atoms with Crippen LogP contribution in [0.15, 0.2) is 24.3 Å². The average Bonchev–Trinajstić information content (AvgIpc) is 2.87. The van der Waals surface area contributed by atoms with Crippen LogP contribution in [0, 0.1) is 5.41 Å².